The Kier molecular flexibility index (Phi) is 5.97. The van der Waals surface area contributed by atoms with E-state index in [0.717, 1.165) is 50.9 Å². The molecule has 4 rings (SSSR count). The molecule has 0 amide bonds. The number of ether oxygens (including phenoxy) is 2. The van der Waals surface area contributed by atoms with Gasteiger partial charge in [0, 0.05) is 44.0 Å². The molecule has 2 fully saturated rings. The number of aromatic nitrogens is 1. The van der Waals surface area contributed by atoms with Gasteiger partial charge in [-0.1, -0.05) is 23.7 Å². The molecule has 2 aliphatic heterocycles. The highest BCUT2D eigenvalue weighted by Gasteiger charge is 2.48. The summed E-state index contributed by atoms with van der Waals surface area (Å²) in [5, 5.41) is 4.16. The number of nitrogens with one attached hydrogen (secondary N) is 1. The molecule has 2 aliphatic rings. The topological polar surface area (TPSA) is 43.4 Å². The predicted octanol–water partition coefficient (Wildman–Crippen LogP) is 4.26. The molecule has 1 aromatic carbocycles. The molecular formula is C22H26ClFN2O2. The Hall–Kier alpha value is -1.53. The van der Waals surface area contributed by atoms with Gasteiger partial charge < -0.3 is 14.8 Å². The second-order valence-corrected chi connectivity index (χ2v) is 8.42. The summed E-state index contributed by atoms with van der Waals surface area (Å²) in [4.78, 5) is 4.13. The lowest BCUT2D eigenvalue weighted by molar-refractivity contribution is -0.108. The first kappa shape index (κ1) is 19.8. The van der Waals surface area contributed by atoms with Crippen molar-refractivity contribution in [2.24, 2.45) is 0 Å². The molecule has 1 aromatic heterocycles. The highest BCUT2D eigenvalue weighted by Crippen LogP contribution is 2.46. The zero-order valence-electron chi connectivity index (χ0n) is 15.9. The Morgan fingerprint density at radius 3 is 2.75 bits per heavy atom. The van der Waals surface area contributed by atoms with Gasteiger partial charge >= 0.3 is 0 Å². The van der Waals surface area contributed by atoms with Gasteiger partial charge in [0.05, 0.1) is 17.2 Å². The molecule has 2 saturated heterocycles. The molecule has 0 bridgehead atoms. The van der Waals surface area contributed by atoms with Crippen molar-refractivity contribution in [3.05, 3.63) is 64.7 Å². The van der Waals surface area contributed by atoms with Crippen LogP contribution in [0.1, 0.15) is 36.8 Å². The Labute approximate surface area is 170 Å². The van der Waals surface area contributed by atoms with Crippen LogP contribution in [0.25, 0.3) is 0 Å². The van der Waals surface area contributed by atoms with Crippen LogP contribution in [0.3, 0.4) is 0 Å². The van der Waals surface area contributed by atoms with Crippen LogP contribution in [0.15, 0.2) is 42.7 Å². The Bertz CT molecular complexity index is 795. The zero-order chi connectivity index (χ0) is 19.5. The molecule has 0 radical (unpaired) electrons. The first-order chi connectivity index (χ1) is 13.6. The van der Waals surface area contributed by atoms with E-state index in [-0.39, 0.29) is 16.8 Å². The SMILES string of the molecule is Fc1ccc([C@]2(CCNCc3cncc(Cl)c3)CCOC3(CCOC3)C2)cc1. The quantitative estimate of drug-likeness (QED) is 0.730. The molecule has 0 saturated carbocycles. The lowest BCUT2D eigenvalue weighted by Crippen LogP contribution is -2.49. The van der Waals surface area contributed by atoms with Gasteiger partial charge in [0.2, 0.25) is 0 Å². The van der Waals surface area contributed by atoms with Crippen molar-refractivity contribution in [2.75, 3.05) is 26.4 Å². The summed E-state index contributed by atoms with van der Waals surface area (Å²) >= 11 is 6.02. The molecule has 0 aliphatic carbocycles. The molecule has 28 heavy (non-hydrogen) atoms. The summed E-state index contributed by atoms with van der Waals surface area (Å²) in [7, 11) is 0. The first-order valence-electron chi connectivity index (χ1n) is 9.87. The summed E-state index contributed by atoms with van der Waals surface area (Å²) in [6.07, 6.45) is 7.19. The summed E-state index contributed by atoms with van der Waals surface area (Å²) in [5.74, 6) is -0.198. The molecule has 2 aromatic rings. The van der Waals surface area contributed by atoms with Crippen LogP contribution in [0, 0.1) is 5.82 Å². The maximum atomic E-state index is 13.5. The molecule has 1 spiro atoms. The van der Waals surface area contributed by atoms with E-state index >= 15 is 0 Å². The number of pyridine rings is 1. The lowest BCUT2D eigenvalue weighted by Gasteiger charge is -2.46. The van der Waals surface area contributed by atoms with E-state index in [1.165, 1.54) is 5.56 Å². The fourth-order valence-corrected chi connectivity index (χ4v) is 4.78. The van der Waals surface area contributed by atoms with Crippen molar-refractivity contribution < 1.29 is 13.9 Å². The maximum absolute atomic E-state index is 13.5. The second kappa shape index (κ2) is 8.46. The molecule has 1 unspecified atom stereocenters. The standard InChI is InChI=1S/C22H26ClFN2O2/c23-19-11-17(13-26-14-19)12-25-8-5-21(18-1-3-20(24)4-2-18)6-10-28-22(15-21)7-9-27-16-22/h1-4,11,13-14,25H,5-10,12,15-16H2/t21-,22?/m1/s1. The minimum atomic E-state index is -0.205. The van der Waals surface area contributed by atoms with Crippen LogP contribution in [-0.4, -0.2) is 37.0 Å². The maximum Gasteiger partial charge on any atom is 0.123 e. The average molecular weight is 405 g/mol. The molecule has 6 heteroatoms. The van der Waals surface area contributed by atoms with Gasteiger partial charge in [0.25, 0.3) is 0 Å². The molecule has 2 atom stereocenters. The van der Waals surface area contributed by atoms with Crippen LogP contribution < -0.4 is 5.32 Å². The number of nitrogens with zero attached hydrogens (tertiary/aromatic N) is 1. The van der Waals surface area contributed by atoms with E-state index in [2.05, 4.69) is 10.3 Å². The van der Waals surface area contributed by atoms with Gasteiger partial charge in [0.15, 0.2) is 0 Å². The van der Waals surface area contributed by atoms with Crippen LogP contribution >= 0.6 is 11.6 Å². The van der Waals surface area contributed by atoms with Crippen molar-refractivity contribution in [1.82, 2.24) is 10.3 Å². The third kappa shape index (κ3) is 4.38. The summed E-state index contributed by atoms with van der Waals surface area (Å²) in [6, 6.07) is 8.93. The number of benzene rings is 1. The van der Waals surface area contributed by atoms with E-state index in [1.807, 2.05) is 24.4 Å². The van der Waals surface area contributed by atoms with Gasteiger partial charge in [-0.05, 0) is 55.1 Å². The third-order valence-electron chi connectivity index (χ3n) is 6.04. The highest BCUT2D eigenvalue weighted by molar-refractivity contribution is 6.30. The van der Waals surface area contributed by atoms with E-state index < -0.39 is 0 Å². The van der Waals surface area contributed by atoms with Crippen molar-refractivity contribution in [3.63, 3.8) is 0 Å². The van der Waals surface area contributed by atoms with Crippen LogP contribution in [0.2, 0.25) is 5.02 Å². The number of hydrogen-bond acceptors (Lipinski definition) is 4. The van der Waals surface area contributed by atoms with Gasteiger partial charge in [-0.15, -0.1) is 0 Å². The fraction of sp³-hybridized carbons (Fsp3) is 0.500. The first-order valence-corrected chi connectivity index (χ1v) is 10.3. The predicted molar refractivity (Wildman–Crippen MR) is 107 cm³/mol. The van der Waals surface area contributed by atoms with Gasteiger partial charge in [-0.25, -0.2) is 4.39 Å². The normalized spacial score (nSPS) is 27.4. The fourth-order valence-electron chi connectivity index (χ4n) is 4.58. The van der Waals surface area contributed by atoms with E-state index in [0.29, 0.717) is 18.2 Å². The van der Waals surface area contributed by atoms with Crippen molar-refractivity contribution in [2.45, 2.75) is 43.2 Å². The molecule has 4 nitrogen and oxygen atoms in total. The summed E-state index contributed by atoms with van der Waals surface area (Å²) < 4.78 is 25.4. The Balaban J connectivity index is 1.47. The number of halogens is 2. The Morgan fingerprint density at radius 1 is 1.14 bits per heavy atom. The van der Waals surface area contributed by atoms with Crippen LogP contribution in [-0.2, 0) is 21.4 Å². The van der Waals surface area contributed by atoms with Crippen molar-refractivity contribution in [3.8, 4) is 0 Å². The average Bonchev–Trinajstić information content (AvgIpc) is 3.13. The second-order valence-electron chi connectivity index (χ2n) is 7.99. The highest BCUT2D eigenvalue weighted by atomic mass is 35.5. The van der Waals surface area contributed by atoms with Crippen molar-refractivity contribution >= 4 is 11.6 Å². The van der Waals surface area contributed by atoms with E-state index in [4.69, 9.17) is 21.1 Å². The summed E-state index contributed by atoms with van der Waals surface area (Å²) in [6.45, 7) is 3.68. The molecular weight excluding hydrogens is 379 g/mol. The van der Waals surface area contributed by atoms with Crippen LogP contribution in [0.4, 0.5) is 4.39 Å². The van der Waals surface area contributed by atoms with Gasteiger partial charge in [0.1, 0.15) is 5.82 Å². The zero-order valence-corrected chi connectivity index (χ0v) is 16.7. The van der Waals surface area contributed by atoms with Crippen LogP contribution in [0.5, 0.6) is 0 Å². The number of hydrogen-bond donors (Lipinski definition) is 1. The monoisotopic (exact) mass is 404 g/mol. The smallest absolute Gasteiger partial charge is 0.123 e. The van der Waals surface area contributed by atoms with Gasteiger partial charge in [-0.3, -0.25) is 4.98 Å². The minimum Gasteiger partial charge on any atom is -0.378 e. The van der Waals surface area contributed by atoms with Crippen molar-refractivity contribution in [1.29, 1.82) is 0 Å². The Morgan fingerprint density at radius 2 is 2.00 bits per heavy atom. The summed E-state index contributed by atoms with van der Waals surface area (Å²) in [5.41, 5.74) is 2.01. The minimum absolute atomic E-state index is 0.0424. The molecule has 1 N–H and O–H groups in total. The van der Waals surface area contributed by atoms with Gasteiger partial charge in [-0.2, -0.15) is 0 Å². The molecule has 150 valence electrons. The number of rotatable bonds is 6. The van der Waals surface area contributed by atoms with E-state index in [1.54, 1.807) is 18.3 Å². The van der Waals surface area contributed by atoms with E-state index in [9.17, 15) is 4.39 Å². The largest absolute Gasteiger partial charge is 0.378 e. The third-order valence-corrected chi connectivity index (χ3v) is 6.25. The lowest BCUT2D eigenvalue weighted by atomic mass is 9.66. The molecule has 3 heterocycles.